The Morgan fingerprint density at radius 2 is 2.15 bits per heavy atom. The van der Waals surface area contributed by atoms with Gasteiger partial charge in [-0.3, -0.25) is 8.32 Å². The summed E-state index contributed by atoms with van der Waals surface area (Å²) in [6, 6.07) is -0.377. The molecule has 0 aliphatic rings. The summed E-state index contributed by atoms with van der Waals surface area (Å²) in [5.41, 5.74) is 0. The number of rotatable bonds is 4. The lowest BCUT2D eigenvalue weighted by molar-refractivity contribution is -0.148. The fraction of sp³-hybridized carbons (Fsp3) is 0.714. The first-order valence-corrected chi connectivity index (χ1v) is 5.00. The zero-order valence-corrected chi connectivity index (χ0v) is 9.75. The Morgan fingerprint density at radius 1 is 1.54 bits per heavy atom. The van der Waals surface area contributed by atoms with Crippen molar-refractivity contribution in [2.45, 2.75) is 20.3 Å². The van der Waals surface area contributed by atoms with Crippen LogP contribution in [-0.2, 0) is 9.53 Å². The largest absolute Gasteiger partial charge is 0.444 e. The highest BCUT2D eigenvalue weighted by Crippen LogP contribution is 2.01. The maximum absolute atomic E-state index is 11.0. The van der Waals surface area contributed by atoms with Crippen LogP contribution in [0.2, 0.25) is 0 Å². The predicted octanol–water partition coefficient (Wildman–Crippen LogP) is 1.18. The highest BCUT2D eigenvalue weighted by atomic mass is 127. The van der Waals surface area contributed by atoms with Crippen LogP contribution in [0.3, 0.4) is 0 Å². The van der Waals surface area contributed by atoms with E-state index in [1.165, 1.54) is 0 Å². The van der Waals surface area contributed by atoms with Crippen molar-refractivity contribution >= 4 is 34.9 Å². The number of urea groups is 1. The zero-order valence-electron chi connectivity index (χ0n) is 7.59. The third-order valence-electron chi connectivity index (χ3n) is 1.55. The van der Waals surface area contributed by atoms with E-state index in [9.17, 15) is 9.59 Å². The quantitative estimate of drug-likeness (QED) is 0.355. The summed E-state index contributed by atoms with van der Waals surface area (Å²) in [5.74, 6) is -0.416. The molecule has 0 radical (unpaired) electrons. The van der Waals surface area contributed by atoms with Crippen LogP contribution in [0, 0.1) is 5.92 Å². The second-order valence-corrected chi connectivity index (χ2v) is 3.06. The Morgan fingerprint density at radius 3 is 2.62 bits per heavy atom. The molecule has 0 rings (SSSR count). The average molecular weight is 300 g/mol. The SMILES string of the molecule is CCC(C)C(=O)OCNC(=O)NI. The zero-order chi connectivity index (χ0) is 10.3. The second-order valence-electron chi connectivity index (χ2n) is 2.52. The van der Waals surface area contributed by atoms with E-state index in [4.69, 9.17) is 4.74 Å². The van der Waals surface area contributed by atoms with E-state index in [2.05, 4.69) is 8.85 Å². The molecule has 0 aromatic heterocycles. The topological polar surface area (TPSA) is 67.4 Å². The molecule has 13 heavy (non-hydrogen) atoms. The lowest BCUT2D eigenvalue weighted by Gasteiger charge is -2.09. The molecule has 0 heterocycles. The van der Waals surface area contributed by atoms with Gasteiger partial charge in [0.1, 0.15) is 0 Å². The molecule has 0 aliphatic heterocycles. The van der Waals surface area contributed by atoms with Crippen molar-refractivity contribution in [3.05, 3.63) is 0 Å². The fourth-order valence-corrected chi connectivity index (χ4v) is 0.706. The predicted molar refractivity (Wildman–Crippen MR) is 56.1 cm³/mol. The lowest BCUT2D eigenvalue weighted by atomic mass is 10.1. The van der Waals surface area contributed by atoms with Gasteiger partial charge in [-0.2, -0.15) is 0 Å². The number of amides is 2. The molecule has 0 spiro atoms. The smallest absolute Gasteiger partial charge is 0.326 e. The Balaban J connectivity index is 3.53. The van der Waals surface area contributed by atoms with Gasteiger partial charge >= 0.3 is 12.0 Å². The highest BCUT2D eigenvalue weighted by molar-refractivity contribution is 14.1. The van der Waals surface area contributed by atoms with E-state index >= 15 is 0 Å². The summed E-state index contributed by atoms with van der Waals surface area (Å²) < 4.78 is 7.06. The first-order chi connectivity index (χ1) is 6.11. The van der Waals surface area contributed by atoms with E-state index in [1.54, 1.807) is 29.8 Å². The van der Waals surface area contributed by atoms with Crippen molar-refractivity contribution in [1.29, 1.82) is 0 Å². The summed E-state index contributed by atoms with van der Waals surface area (Å²) in [5, 5.41) is 2.34. The van der Waals surface area contributed by atoms with Crippen LogP contribution in [0.5, 0.6) is 0 Å². The van der Waals surface area contributed by atoms with E-state index in [-0.39, 0.29) is 24.6 Å². The summed E-state index contributed by atoms with van der Waals surface area (Å²) in [4.78, 5) is 21.7. The van der Waals surface area contributed by atoms with E-state index in [0.29, 0.717) is 0 Å². The second kappa shape index (κ2) is 6.93. The Kier molecular flexibility index (Phi) is 6.65. The normalized spacial score (nSPS) is 11.6. The van der Waals surface area contributed by atoms with Crippen LogP contribution in [0.1, 0.15) is 20.3 Å². The summed E-state index contributed by atoms with van der Waals surface area (Å²) in [7, 11) is 0. The molecule has 0 fully saturated rings. The molecule has 0 bridgehead atoms. The minimum Gasteiger partial charge on any atom is -0.444 e. The minimum atomic E-state index is -0.377. The number of carbonyl (C=O) groups excluding carboxylic acids is 2. The van der Waals surface area contributed by atoms with Crippen LogP contribution >= 0.6 is 22.9 Å². The molecule has 1 atom stereocenters. The summed E-state index contributed by atoms with van der Waals surface area (Å²) >= 11 is 1.69. The third kappa shape index (κ3) is 5.67. The van der Waals surface area contributed by atoms with Gasteiger partial charge in [0.25, 0.3) is 0 Å². The van der Waals surface area contributed by atoms with Gasteiger partial charge in [-0.05, 0) is 6.42 Å². The number of esters is 1. The monoisotopic (exact) mass is 300 g/mol. The van der Waals surface area contributed by atoms with E-state index in [0.717, 1.165) is 6.42 Å². The van der Waals surface area contributed by atoms with Gasteiger partial charge in [0, 0.05) is 0 Å². The summed E-state index contributed by atoms with van der Waals surface area (Å²) in [6.45, 7) is 3.59. The Bertz CT molecular complexity index is 187. The van der Waals surface area contributed by atoms with Crippen molar-refractivity contribution in [2.75, 3.05) is 6.73 Å². The van der Waals surface area contributed by atoms with Gasteiger partial charge in [0.15, 0.2) is 6.73 Å². The number of hydrogen-bond donors (Lipinski definition) is 2. The van der Waals surface area contributed by atoms with Gasteiger partial charge in [0.2, 0.25) is 0 Å². The maximum atomic E-state index is 11.0. The maximum Gasteiger partial charge on any atom is 0.326 e. The number of nitrogens with one attached hydrogen (secondary N) is 2. The molecule has 1 unspecified atom stereocenters. The molecule has 0 saturated heterocycles. The van der Waals surface area contributed by atoms with Crippen molar-refractivity contribution in [3.8, 4) is 0 Å². The number of halogens is 1. The Hall–Kier alpha value is -0.530. The van der Waals surface area contributed by atoms with Crippen LogP contribution < -0.4 is 8.85 Å². The van der Waals surface area contributed by atoms with Gasteiger partial charge in [0.05, 0.1) is 28.8 Å². The molecular weight excluding hydrogens is 287 g/mol. The highest BCUT2D eigenvalue weighted by Gasteiger charge is 2.11. The van der Waals surface area contributed by atoms with Crippen molar-refractivity contribution in [1.82, 2.24) is 8.85 Å². The van der Waals surface area contributed by atoms with Gasteiger partial charge in [-0.15, -0.1) is 0 Å². The van der Waals surface area contributed by atoms with Crippen molar-refractivity contribution in [3.63, 3.8) is 0 Å². The van der Waals surface area contributed by atoms with Gasteiger partial charge in [-0.1, -0.05) is 13.8 Å². The van der Waals surface area contributed by atoms with Gasteiger partial charge in [-0.25, -0.2) is 4.79 Å². The van der Waals surface area contributed by atoms with Crippen LogP contribution in [0.25, 0.3) is 0 Å². The van der Waals surface area contributed by atoms with Crippen molar-refractivity contribution in [2.24, 2.45) is 5.92 Å². The average Bonchev–Trinajstić information content (AvgIpc) is 2.15. The molecule has 6 heteroatoms. The molecule has 76 valence electrons. The van der Waals surface area contributed by atoms with Crippen molar-refractivity contribution < 1.29 is 14.3 Å². The van der Waals surface area contributed by atoms with Crippen LogP contribution in [0.15, 0.2) is 0 Å². The number of carbonyl (C=O) groups is 2. The molecule has 0 aliphatic carbocycles. The first-order valence-electron chi connectivity index (χ1n) is 3.92. The van der Waals surface area contributed by atoms with Crippen LogP contribution in [-0.4, -0.2) is 18.7 Å². The standard InChI is InChI=1S/C7H13IN2O3/c1-3-5(2)6(11)13-4-9-7(12)10-8/h5H,3-4H2,1-2H3,(H2,9,10,12). The molecule has 0 aromatic carbocycles. The molecule has 0 aromatic rings. The van der Waals surface area contributed by atoms with E-state index < -0.39 is 0 Å². The molecule has 2 N–H and O–H groups in total. The molecule has 5 nitrogen and oxygen atoms in total. The molecular formula is C7H13IN2O3. The van der Waals surface area contributed by atoms with Gasteiger partial charge < -0.3 is 10.1 Å². The molecule has 2 amide bonds. The van der Waals surface area contributed by atoms with Crippen LogP contribution in [0.4, 0.5) is 4.79 Å². The van der Waals surface area contributed by atoms with E-state index in [1.807, 2.05) is 6.92 Å². The number of ether oxygens (including phenoxy) is 1. The molecule has 0 saturated carbocycles. The summed E-state index contributed by atoms with van der Waals surface area (Å²) in [6.07, 6.45) is 0.733. The fourth-order valence-electron chi connectivity index (χ4n) is 0.515. The third-order valence-corrected chi connectivity index (χ3v) is 2.04. The lowest BCUT2D eigenvalue weighted by Crippen LogP contribution is -2.33. The first kappa shape index (κ1) is 12.5. The number of hydrogen-bond acceptors (Lipinski definition) is 3. The minimum absolute atomic E-state index is 0.0853. The Labute approximate surface area is 91.1 Å².